The number of aliphatic hydroxyl groups excluding tert-OH is 1. The lowest BCUT2D eigenvalue weighted by Crippen LogP contribution is -2.13. The zero-order chi connectivity index (χ0) is 15.0. The monoisotopic (exact) mass is 354 g/mol. The number of fused-ring (bicyclic) bond motifs is 1. The number of para-hydroxylation sites is 1. The maximum atomic E-state index is 13.6. The Balaban J connectivity index is 2.07. The molecule has 0 fully saturated rings. The Bertz CT molecular complexity index is 688. The third-order valence-electron chi connectivity index (χ3n) is 3.62. The van der Waals surface area contributed by atoms with Crippen molar-refractivity contribution >= 4 is 15.9 Å². The van der Waals surface area contributed by atoms with Gasteiger partial charge in [-0.05, 0) is 40.4 Å². The molecule has 5 heteroatoms. The standard InChI is InChI=1S/C16H13BrF2O2/c17-13-10(6-7-12(18)14(13)19)15(20)11-5-1-3-9-4-2-8-21-16(9)11/h1,3,5-7,15,20H,2,4,8H2. The van der Waals surface area contributed by atoms with E-state index in [2.05, 4.69) is 15.9 Å². The van der Waals surface area contributed by atoms with Crippen molar-refractivity contribution < 1.29 is 18.6 Å². The van der Waals surface area contributed by atoms with Crippen LogP contribution in [0, 0.1) is 11.6 Å². The smallest absolute Gasteiger partial charge is 0.173 e. The molecule has 0 aliphatic carbocycles. The van der Waals surface area contributed by atoms with Gasteiger partial charge >= 0.3 is 0 Å². The summed E-state index contributed by atoms with van der Waals surface area (Å²) in [5.41, 5.74) is 1.87. The predicted octanol–water partition coefficient (Wildman–Crippen LogP) is 4.13. The van der Waals surface area contributed by atoms with Crippen molar-refractivity contribution in [3.63, 3.8) is 0 Å². The molecule has 2 aromatic rings. The molecule has 1 aliphatic heterocycles. The van der Waals surface area contributed by atoms with Crippen molar-refractivity contribution in [2.45, 2.75) is 18.9 Å². The van der Waals surface area contributed by atoms with E-state index in [4.69, 9.17) is 4.74 Å². The SMILES string of the molecule is OC(c1ccc(F)c(F)c1Br)c1cccc2c1OCCC2. The molecule has 0 aromatic heterocycles. The van der Waals surface area contributed by atoms with E-state index in [-0.39, 0.29) is 10.0 Å². The van der Waals surface area contributed by atoms with Crippen LogP contribution in [-0.2, 0) is 6.42 Å². The fourth-order valence-electron chi connectivity index (χ4n) is 2.55. The molecule has 2 aromatic carbocycles. The molecule has 110 valence electrons. The van der Waals surface area contributed by atoms with Crippen molar-refractivity contribution in [1.82, 2.24) is 0 Å². The zero-order valence-corrected chi connectivity index (χ0v) is 12.7. The first-order valence-corrected chi connectivity index (χ1v) is 7.45. The predicted molar refractivity (Wildman–Crippen MR) is 78.4 cm³/mol. The molecule has 0 bridgehead atoms. The van der Waals surface area contributed by atoms with Crippen LogP contribution in [0.2, 0.25) is 0 Å². The number of benzene rings is 2. The summed E-state index contributed by atoms with van der Waals surface area (Å²) in [6.07, 6.45) is 0.735. The molecule has 3 rings (SSSR count). The number of ether oxygens (including phenoxy) is 1. The summed E-state index contributed by atoms with van der Waals surface area (Å²) in [6.45, 7) is 0.593. The normalized spacial score (nSPS) is 15.2. The minimum atomic E-state index is -1.08. The second-order valence-electron chi connectivity index (χ2n) is 4.95. The zero-order valence-electron chi connectivity index (χ0n) is 11.1. The molecule has 0 radical (unpaired) electrons. The molecular weight excluding hydrogens is 342 g/mol. The average molecular weight is 355 g/mol. The minimum absolute atomic E-state index is 0.0663. The highest BCUT2D eigenvalue weighted by Crippen LogP contribution is 2.38. The number of aliphatic hydroxyl groups is 1. The van der Waals surface area contributed by atoms with E-state index in [1.807, 2.05) is 12.1 Å². The highest BCUT2D eigenvalue weighted by molar-refractivity contribution is 9.10. The number of aryl methyl sites for hydroxylation is 1. The highest BCUT2D eigenvalue weighted by Gasteiger charge is 2.24. The molecular formula is C16H13BrF2O2. The lowest BCUT2D eigenvalue weighted by molar-refractivity contribution is 0.205. The Kier molecular flexibility index (Phi) is 3.95. The van der Waals surface area contributed by atoms with Gasteiger partial charge in [0.2, 0.25) is 0 Å². The van der Waals surface area contributed by atoms with Gasteiger partial charge in [-0.2, -0.15) is 0 Å². The molecule has 21 heavy (non-hydrogen) atoms. The van der Waals surface area contributed by atoms with Crippen LogP contribution < -0.4 is 4.74 Å². The van der Waals surface area contributed by atoms with Crippen molar-refractivity contribution in [2.75, 3.05) is 6.61 Å². The van der Waals surface area contributed by atoms with Crippen LogP contribution in [0.4, 0.5) is 8.78 Å². The van der Waals surface area contributed by atoms with E-state index in [1.54, 1.807) is 6.07 Å². The lowest BCUT2D eigenvalue weighted by Gasteiger charge is -2.23. The van der Waals surface area contributed by atoms with Gasteiger partial charge in [-0.3, -0.25) is 0 Å². The van der Waals surface area contributed by atoms with E-state index in [9.17, 15) is 13.9 Å². The molecule has 2 nitrogen and oxygen atoms in total. The fourth-order valence-corrected chi connectivity index (χ4v) is 3.09. The molecule has 0 saturated carbocycles. The van der Waals surface area contributed by atoms with Crippen LogP contribution in [0.5, 0.6) is 5.75 Å². The molecule has 1 heterocycles. The Labute approximate surface area is 129 Å². The van der Waals surface area contributed by atoms with Gasteiger partial charge in [-0.1, -0.05) is 24.3 Å². The van der Waals surface area contributed by atoms with Gasteiger partial charge in [0.25, 0.3) is 0 Å². The van der Waals surface area contributed by atoms with Crippen LogP contribution in [0.15, 0.2) is 34.8 Å². The summed E-state index contributed by atoms with van der Waals surface area (Å²) in [5.74, 6) is -1.31. The molecule has 0 saturated heterocycles. The van der Waals surface area contributed by atoms with Crippen LogP contribution in [0.3, 0.4) is 0 Å². The Morgan fingerprint density at radius 2 is 1.95 bits per heavy atom. The fraction of sp³-hybridized carbons (Fsp3) is 0.250. The number of hydrogen-bond acceptors (Lipinski definition) is 2. The first kappa shape index (κ1) is 14.5. The molecule has 1 N–H and O–H groups in total. The van der Waals surface area contributed by atoms with Crippen LogP contribution in [0.1, 0.15) is 29.2 Å². The van der Waals surface area contributed by atoms with Crippen LogP contribution >= 0.6 is 15.9 Å². The Morgan fingerprint density at radius 3 is 2.76 bits per heavy atom. The van der Waals surface area contributed by atoms with Gasteiger partial charge in [-0.25, -0.2) is 8.78 Å². The van der Waals surface area contributed by atoms with Gasteiger partial charge in [0.1, 0.15) is 11.9 Å². The van der Waals surface area contributed by atoms with Crippen molar-refractivity contribution in [3.05, 3.63) is 63.1 Å². The van der Waals surface area contributed by atoms with Gasteiger partial charge in [-0.15, -0.1) is 0 Å². The summed E-state index contributed by atoms with van der Waals surface area (Å²) in [5, 5.41) is 10.5. The first-order chi connectivity index (χ1) is 10.1. The van der Waals surface area contributed by atoms with E-state index in [0.717, 1.165) is 24.5 Å². The summed E-state index contributed by atoms with van der Waals surface area (Å²) in [7, 11) is 0. The van der Waals surface area contributed by atoms with Crippen LogP contribution in [-0.4, -0.2) is 11.7 Å². The van der Waals surface area contributed by atoms with Gasteiger partial charge < -0.3 is 9.84 Å². The third-order valence-corrected chi connectivity index (χ3v) is 4.42. The largest absolute Gasteiger partial charge is 0.493 e. The summed E-state index contributed by atoms with van der Waals surface area (Å²) in [6, 6.07) is 7.90. The van der Waals surface area contributed by atoms with Crippen molar-refractivity contribution in [2.24, 2.45) is 0 Å². The molecule has 1 atom stereocenters. The second kappa shape index (κ2) is 5.73. The molecule has 1 unspecified atom stereocenters. The maximum Gasteiger partial charge on any atom is 0.173 e. The minimum Gasteiger partial charge on any atom is -0.493 e. The van der Waals surface area contributed by atoms with E-state index in [1.165, 1.54) is 6.07 Å². The Hall–Kier alpha value is -1.46. The second-order valence-corrected chi connectivity index (χ2v) is 5.75. The average Bonchev–Trinajstić information content (AvgIpc) is 2.51. The number of hydrogen-bond donors (Lipinski definition) is 1. The van der Waals surface area contributed by atoms with Gasteiger partial charge in [0.05, 0.1) is 11.1 Å². The first-order valence-electron chi connectivity index (χ1n) is 6.65. The van der Waals surface area contributed by atoms with Gasteiger partial charge in [0, 0.05) is 11.1 Å². The van der Waals surface area contributed by atoms with E-state index in [0.29, 0.717) is 17.9 Å². The summed E-state index contributed by atoms with van der Waals surface area (Å²) >= 11 is 3.01. The summed E-state index contributed by atoms with van der Waals surface area (Å²) in [4.78, 5) is 0. The van der Waals surface area contributed by atoms with E-state index < -0.39 is 17.7 Å². The van der Waals surface area contributed by atoms with Crippen molar-refractivity contribution in [3.8, 4) is 5.75 Å². The lowest BCUT2D eigenvalue weighted by atomic mass is 9.95. The number of halogens is 3. The highest BCUT2D eigenvalue weighted by atomic mass is 79.9. The quantitative estimate of drug-likeness (QED) is 0.821. The van der Waals surface area contributed by atoms with Crippen LogP contribution in [0.25, 0.3) is 0 Å². The van der Waals surface area contributed by atoms with Gasteiger partial charge in [0.15, 0.2) is 11.6 Å². The molecule has 0 spiro atoms. The Morgan fingerprint density at radius 1 is 1.14 bits per heavy atom. The topological polar surface area (TPSA) is 29.5 Å². The van der Waals surface area contributed by atoms with Crippen molar-refractivity contribution in [1.29, 1.82) is 0 Å². The molecule has 0 amide bonds. The van der Waals surface area contributed by atoms with E-state index >= 15 is 0 Å². The summed E-state index contributed by atoms with van der Waals surface area (Å²) < 4.78 is 32.4. The molecule has 1 aliphatic rings. The maximum absolute atomic E-state index is 13.6. The number of rotatable bonds is 2. The third kappa shape index (κ3) is 2.56.